The maximum absolute atomic E-state index is 12.2. The lowest BCUT2D eigenvalue weighted by atomic mass is 10.1. The number of nitrogens with zero attached hydrogens (tertiary/aromatic N) is 3. The van der Waals surface area contributed by atoms with Gasteiger partial charge in [-0.2, -0.15) is 15.0 Å². The van der Waals surface area contributed by atoms with E-state index in [-0.39, 0.29) is 17.8 Å². The summed E-state index contributed by atoms with van der Waals surface area (Å²) in [6, 6.07) is 7.74. The lowest BCUT2D eigenvalue weighted by molar-refractivity contribution is -0.115. The Morgan fingerprint density at radius 1 is 1.18 bits per heavy atom. The molecule has 0 saturated heterocycles. The summed E-state index contributed by atoms with van der Waals surface area (Å²) in [5.74, 6) is -0.0673. The van der Waals surface area contributed by atoms with Gasteiger partial charge in [-0.3, -0.25) is 4.79 Å². The fourth-order valence-corrected chi connectivity index (χ4v) is 2.50. The first-order valence-electron chi connectivity index (χ1n) is 6.81. The molecular formula is C14H18N6OS. The highest BCUT2D eigenvalue weighted by molar-refractivity contribution is 8.00. The van der Waals surface area contributed by atoms with Gasteiger partial charge in [0.05, 0.1) is 5.25 Å². The van der Waals surface area contributed by atoms with E-state index in [1.807, 2.05) is 24.3 Å². The molecule has 1 aromatic heterocycles. The number of hydrogen-bond acceptors (Lipinski definition) is 7. The summed E-state index contributed by atoms with van der Waals surface area (Å²) in [5.41, 5.74) is 13.0. The molecule has 22 heavy (non-hydrogen) atoms. The van der Waals surface area contributed by atoms with Crippen LogP contribution in [0.5, 0.6) is 0 Å². The number of rotatable bonds is 5. The van der Waals surface area contributed by atoms with Gasteiger partial charge in [0.15, 0.2) is 5.16 Å². The van der Waals surface area contributed by atoms with E-state index >= 15 is 0 Å². The Kier molecular flexibility index (Phi) is 5.16. The zero-order valence-corrected chi connectivity index (χ0v) is 13.2. The van der Waals surface area contributed by atoms with Crippen molar-refractivity contribution in [2.24, 2.45) is 0 Å². The average Bonchev–Trinajstić information content (AvgIpc) is 2.46. The molecule has 1 heterocycles. The Morgan fingerprint density at radius 3 is 2.32 bits per heavy atom. The number of nitrogens with two attached hydrogens (primary N) is 2. The number of thioether (sulfide) groups is 1. The number of aromatic nitrogens is 3. The molecule has 0 aliphatic heterocycles. The number of amides is 1. The van der Waals surface area contributed by atoms with Crippen molar-refractivity contribution in [2.75, 3.05) is 16.8 Å². The van der Waals surface area contributed by atoms with Gasteiger partial charge in [-0.25, -0.2) is 0 Å². The van der Waals surface area contributed by atoms with E-state index in [9.17, 15) is 4.79 Å². The minimum atomic E-state index is -0.396. The number of anilines is 3. The lowest BCUT2D eigenvalue weighted by Crippen LogP contribution is -2.22. The van der Waals surface area contributed by atoms with Crippen molar-refractivity contribution >= 4 is 35.3 Å². The molecule has 1 amide bonds. The van der Waals surface area contributed by atoms with Crippen molar-refractivity contribution in [3.05, 3.63) is 29.8 Å². The number of nitrogen functional groups attached to an aromatic ring is 2. The molecule has 0 aliphatic carbocycles. The number of hydrogen-bond donors (Lipinski definition) is 3. The maximum Gasteiger partial charge on any atom is 0.237 e. The van der Waals surface area contributed by atoms with E-state index in [2.05, 4.69) is 27.2 Å². The summed E-state index contributed by atoms with van der Waals surface area (Å²) in [7, 11) is 0. The zero-order chi connectivity index (χ0) is 16.1. The van der Waals surface area contributed by atoms with E-state index in [0.29, 0.717) is 5.16 Å². The summed E-state index contributed by atoms with van der Waals surface area (Å²) in [4.78, 5) is 23.8. The molecule has 5 N–H and O–H groups in total. The molecule has 2 aromatic rings. The highest BCUT2D eigenvalue weighted by Crippen LogP contribution is 2.21. The Bertz CT molecular complexity index is 641. The largest absolute Gasteiger partial charge is 0.368 e. The van der Waals surface area contributed by atoms with Gasteiger partial charge in [0.2, 0.25) is 17.8 Å². The Balaban J connectivity index is 1.99. The minimum absolute atomic E-state index is 0.0396. The standard InChI is InChI=1S/C14H18N6OS/c1-3-9-4-6-10(7-5-9)17-11(21)8(2)22-14-19-12(15)18-13(16)20-14/h4-8H,3H2,1-2H3,(H,17,21)(H4,15,16,18,19,20). The normalized spacial score (nSPS) is 11.9. The number of nitrogens with one attached hydrogen (secondary N) is 1. The van der Waals surface area contributed by atoms with Gasteiger partial charge in [0.1, 0.15) is 0 Å². The average molecular weight is 318 g/mol. The predicted octanol–water partition coefficient (Wildman–Crippen LogP) is 1.72. The van der Waals surface area contributed by atoms with Crippen LogP contribution in [0.4, 0.5) is 17.6 Å². The first kappa shape index (κ1) is 16.0. The zero-order valence-electron chi connectivity index (χ0n) is 12.4. The molecule has 116 valence electrons. The quantitative estimate of drug-likeness (QED) is 0.718. The number of aryl methyl sites for hydroxylation is 1. The molecule has 1 aromatic carbocycles. The molecule has 1 atom stereocenters. The Labute approximate surface area is 132 Å². The summed E-state index contributed by atoms with van der Waals surface area (Å²) in [6.07, 6.45) is 0.961. The van der Waals surface area contributed by atoms with Crippen molar-refractivity contribution in [2.45, 2.75) is 30.7 Å². The summed E-state index contributed by atoms with van der Waals surface area (Å²) >= 11 is 1.17. The van der Waals surface area contributed by atoms with Gasteiger partial charge >= 0.3 is 0 Å². The van der Waals surface area contributed by atoms with E-state index in [1.54, 1.807) is 6.92 Å². The fourth-order valence-electron chi connectivity index (χ4n) is 1.72. The topological polar surface area (TPSA) is 120 Å². The lowest BCUT2D eigenvalue weighted by Gasteiger charge is -2.11. The molecular weight excluding hydrogens is 300 g/mol. The monoisotopic (exact) mass is 318 g/mol. The predicted molar refractivity (Wildman–Crippen MR) is 88.4 cm³/mol. The van der Waals surface area contributed by atoms with Crippen molar-refractivity contribution < 1.29 is 4.79 Å². The molecule has 0 saturated carbocycles. The van der Waals surface area contributed by atoms with Crippen molar-refractivity contribution in [3.8, 4) is 0 Å². The molecule has 0 radical (unpaired) electrons. The molecule has 7 nitrogen and oxygen atoms in total. The van der Waals surface area contributed by atoms with Crippen LogP contribution in [0.2, 0.25) is 0 Å². The van der Waals surface area contributed by atoms with Crippen LogP contribution in [0.3, 0.4) is 0 Å². The van der Waals surface area contributed by atoms with Gasteiger partial charge in [0.25, 0.3) is 0 Å². The van der Waals surface area contributed by atoms with E-state index in [1.165, 1.54) is 17.3 Å². The number of carbonyl (C=O) groups excluding carboxylic acids is 1. The van der Waals surface area contributed by atoms with Gasteiger partial charge < -0.3 is 16.8 Å². The third kappa shape index (κ3) is 4.32. The van der Waals surface area contributed by atoms with Crippen LogP contribution >= 0.6 is 11.8 Å². The summed E-state index contributed by atoms with van der Waals surface area (Å²) < 4.78 is 0. The molecule has 0 bridgehead atoms. The highest BCUT2D eigenvalue weighted by atomic mass is 32.2. The van der Waals surface area contributed by atoms with Gasteiger partial charge in [0, 0.05) is 5.69 Å². The molecule has 2 rings (SSSR count). The van der Waals surface area contributed by atoms with E-state index < -0.39 is 5.25 Å². The second-order valence-corrected chi connectivity index (χ2v) is 5.94. The van der Waals surface area contributed by atoms with Crippen LogP contribution < -0.4 is 16.8 Å². The second-order valence-electron chi connectivity index (χ2n) is 4.63. The molecule has 8 heteroatoms. The molecule has 0 fully saturated rings. The van der Waals surface area contributed by atoms with Crippen LogP contribution in [0.1, 0.15) is 19.4 Å². The summed E-state index contributed by atoms with van der Waals surface area (Å²) in [5, 5.41) is 2.78. The number of benzene rings is 1. The molecule has 0 aliphatic rings. The molecule has 0 spiro atoms. The van der Waals surface area contributed by atoms with Crippen LogP contribution in [0.15, 0.2) is 29.4 Å². The van der Waals surface area contributed by atoms with Crippen LogP contribution in [-0.2, 0) is 11.2 Å². The van der Waals surface area contributed by atoms with Crippen molar-refractivity contribution in [1.82, 2.24) is 15.0 Å². The highest BCUT2D eigenvalue weighted by Gasteiger charge is 2.17. The fraction of sp³-hybridized carbons (Fsp3) is 0.286. The van der Waals surface area contributed by atoms with Crippen LogP contribution in [0, 0.1) is 0 Å². The maximum atomic E-state index is 12.2. The second kappa shape index (κ2) is 7.08. The first-order valence-corrected chi connectivity index (χ1v) is 7.69. The van der Waals surface area contributed by atoms with E-state index in [0.717, 1.165) is 12.1 Å². The minimum Gasteiger partial charge on any atom is -0.368 e. The number of carbonyl (C=O) groups is 1. The SMILES string of the molecule is CCc1ccc(NC(=O)C(C)Sc2nc(N)nc(N)n2)cc1. The van der Waals surface area contributed by atoms with Gasteiger partial charge in [-0.15, -0.1) is 0 Å². The third-order valence-corrected chi connectivity index (χ3v) is 3.89. The summed E-state index contributed by atoms with van der Waals surface area (Å²) in [6.45, 7) is 3.84. The Morgan fingerprint density at radius 2 is 1.77 bits per heavy atom. The van der Waals surface area contributed by atoms with E-state index in [4.69, 9.17) is 11.5 Å². The third-order valence-electron chi connectivity index (χ3n) is 2.93. The Hall–Kier alpha value is -2.35. The van der Waals surface area contributed by atoms with Gasteiger partial charge in [-0.1, -0.05) is 30.8 Å². The van der Waals surface area contributed by atoms with Crippen LogP contribution in [-0.4, -0.2) is 26.1 Å². The van der Waals surface area contributed by atoms with Crippen LogP contribution in [0.25, 0.3) is 0 Å². The molecule has 1 unspecified atom stereocenters. The van der Waals surface area contributed by atoms with Crippen molar-refractivity contribution in [1.29, 1.82) is 0 Å². The van der Waals surface area contributed by atoms with Gasteiger partial charge in [-0.05, 0) is 31.0 Å². The smallest absolute Gasteiger partial charge is 0.237 e. The van der Waals surface area contributed by atoms with Crippen molar-refractivity contribution in [3.63, 3.8) is 0 Å². The first-order chi connectivity index (χ1) is 10.5.